The fourth-order valence-electron chi connectivity index (χ4n) is 5.79. The number of halogens is 3. The molecule has 0 bridgehead atoms. The molecule has 1 unspecified atom stereocenters. The number of carbonyl (C=O) groups excluding carboxylic acids is 2. The third-order valence-electron chi connectivity index (χ3n) is 8.41. The Labute approximate surface area is 307 Å². The summed E-state index contributed by atoms with van der Waals surface area (Å²) in [7, 11) is 1.44. The zero-order chi connectivity index (χ0) is 36.1. The van der Waals surface area contributed by atoms with Crippen LogP contribution in [0.4, 0.5) is 4.79 Å². The Bertz CT molecular complexity index is 2180. The van der Waals surface area contributed by atoms with Crippen molar-refractivity contribution in [2.45, 2.75) is 32.0 Å². The fraction of sp³-hybridized carbons (Fsp3) is 0.250. The number of aliphatic hydroxyl groups is 1. The standard InChI is InChI=1S/C36H33Cl3N6O6/c1-50-34-27(19-51-36(49)42-18-22-8-9-31(47)43-22)28(37)15-29(44-34)26-7-3-6-25(33(26)39)24-5-2-4-23(32(24)38)20-10-12-45-30(14-20)41-17-21(35(45)48)16-40-11-13-46/h2-7,10,12,14-15,17,22,40,46H,8-9,11,13,16,18-19H2,1H3,(H,42,49)(H,43,47). The predicted molar refractivity (Wildman–Crippen MR) is 195 cm³/mol. The van der Waals surface area contributed by atoms with Gasteiger partial charge in [-0.2, -0.15) is 0 Å². The highest BCUT2D eigenvalue weighted by Crippen LogP contribution is 2.43. The van der Waals surface area contributed by atoms with Crippen LogP contribution >= 0.6 is 34.8 Å². The van der Waals surface area contributed by atoms with E-state index in [9.17, 15) is 14.4 Å². The van der Waals surface area contributed by atoms with Crippen molar-refractivity contribution < 1.29 is 24.2 Å². The molecule has 2 amide bonds. The molecule has 6 rings (SSSR count). The van der Waals surface area contributed by atoms with Crippen LogP contribution in [0.5, 0.6) is 5.88 Å². The minimum absolute atomic E-state index is 0.0294. The van der Waals surface area contributed by atoms with Gasteiger partial charge in [-0.15, -0.1) is 0 Å². The molecule has 0 spiro atoms. The van der Waals surface area contributed by atoms with Crippen LogP contribution in [0, 0.1) is 0 Å². The number of alkyl carbamates (subject to hydrolysis) is 1. The molecule has 264 valence electrons. The van der Waals surface area contributed by atoms with Crippen molar-refractivity contribution >= 4 is 52.5 Å². The summed E-state index contributed by atoms with van der Waals surface area (Å²) in [5.41, 5.74) is 4.88. The Morgan fingerprint density at radius 2 is 1.76 bits per heavy atom. The van der Waals surface area contributed by atoms with Gasteiger partial charge in [0.2, 0.25) is 11.8 Å². The number of amides is 2. The molecule has 12 nitrogen and oxygen atoms in total. The van der Waals surface area contributed by atoms with E-state index in [0.29, 0.717) is 80.7 Å². The van der Waals surface area contributed by atoms with Crippen LogP contribution in [0.3, 0.4) is 0 Å². The average Bonchev–Trinajstić information content (AvgIpc) is 3.56. The van der Waals surface area contributed by atoms with Gasteiger partial charge in [-0.3, -0.25) is 14.0 Å². The van der Waals surface area contributed by atoms with E-state index < -0.39 is 6.09 Å². The molecular formula is C36H33Cl3N6O6. The molecule has 5 aromatic rings. The second-order valence-corrected chi connectivity index (χ2v) is 12.9. The van der Waals surface area contributed by atoms with Gasteiger partial charge in [0.1, 0.15) is 12.3 Å². The summed E-state index contributed by atoms with van der Waals surface area (Å²) in [5, 5.41) is 18.5. The average molecular weight is 752 g/mol. The van der Waals surface area contributed by atoms with Crippen LogP contribution in [-0.2, 0) is 22.7 Å². The number of aromatic nitrogens is 3. The van der Waals surface area contributed by atoms with Crippen LogP contribution in [-0.4, -0.2) is 64.3 Å². The molecular weight excluding hydrogens is 719 g/mol. The number of hydrogen-bond acceptors (Lipinski definition) is 9. The lowest BCUT2D eigenvalue weighted by molar-refractivity contribution is -0.119. The summed E-state index contributed by atoms with van der Waals surface area (Å²) in [5.74, 6) is 0.116. The lowest BCUT2D eigenvalue weighted by Gasteiger charge is -2.16. The quantitative estimate of drug-likeness (QED) is 0.119. The topological polar surface area (TPSA) is 156 Å². The number of benzene rings is 2. The molecule has 3 aromatic heterocycles. The van der Waals surface area contributed by atoms with E-state index in [-0.39, 0.29) is 48.2 Å². The van der Waals surface area contributed by atoms with Crippen molar-refractivity contribution in [3.63, 3.8) is 0 Å². The molecule has 1 atom stereocenters. The summed E-state index contributed by atoms with van der Waals surface area (Å²) in [6.45, 7) is 0.687. The molecule has 0 saturated carbocycles. The fourth-order valence-corrected chi connectivity index (χ4v) is 6.69. The largest absolute Gasteiger partial charge is 0.481 e. The second-order valence-electron chi connectivity index (χ2n) is 11.7. The first-order valence-corrected chi connectivity index (χ1v) is 17.1. The Morgan fingerprint density at radius 3 is 2.47 bits per heavy atom. The minimum atomic E-state index is -0.668. The van der Waals surface area contributed by atoms with Gasteiger partial charge < -0.3 is 30.5 Å². The number of aliphatic hydroxyl groups excluding tert-OH is 1. The van der Waals surface area contributed by atoms with Crippen molar-refractivity contribution in [1.82, 2.24) is 30.3 Å². The van der Waals surface area contributed by atoms with Gasteiger partial charge in [-0.05, 0) is 30.2 Å². The zero-order valence-electron chi connectivity index (χ0n) is 27.3. The van der Waals surface area contributed by atoms with Crippen molar-refractivity contribution in [1.29, 1.82) is 0 Å². The predicted octanol–water partition coefficient (Wildman–Crippen LogP) is 5.65. The summed E-state index contributed by atoms with van der Waals surface area (Å²) >= 11 is 20.8. The Balaban J connectivity index is 1.24. The maximum absolute atomic E-state index is 13.0. The van der Waals surface area contributed by atoms with Crippen LogP contribution in [0.2, 0.25) is 15.1 Å². The number of fused-ring (bicyclic) bond motifs is 1. The van der Waals surface area contributed by atoms with Gasteiger partial charge in [-0.1, -0.05) is 71.2 Å². The van der Waals surface area contributed by atoms with Gasteiger partial charge in [0.05, 0.1) is 40.0 Å². The highest BCUT2D eigenvalue weighted by atomic mass is 35.5. The van der Waals surface area contributed by atoms with E-state index in [4.69, 9.17) is 49.4 Å². The van der Waals surface area contributed by atoms with Gasteiger partial charge in [0.25, 0.3) is 5.56 Å². The van der Waals surface area contributed by atoms with Gasteiger partial charge >= 0.3 is 6.09 Å². The number of ether oxygens (including phenoxy) is 2. The molecule has 1 saturated heterocycles. The molecule has 4 heterocycles. The maximum atomic E-state index is 13.0. The molecule has 51 heavy (non-hydrogen) atoms. The minimum Gasteiger partial charge on any atom is -0.481 e. The smallest absolute Gasteiger partial charge is 0.407 e. The first-order chi connectivity index (χ1) is 24.7. The van der Waals surface area contributed by atoms with Crippen LogP contribution in [0.15, 0.2) is 71.8 Å². The molecule has 0 aliphatic carbocycles. The summed E-state index contributed by atoms with van der Waals surface area (Å²) in [6, 6.07) is 16.2. The molecule has 4 N–H and O–H groups in total. The number of carbonyl (C=O) groups is 2. The monoisotopic (exact) mass is 750 g/mol. The SMILES string of the molecule is COc1nc(-c2cccc(-c3cccc(-c4ccn5c(=O)c(CNCCO)cnc5c4)c3Cl)c2Cl)cc(Cl)c1COC(=O)NCC1CCC(=O)N1. The third-order valence-corrected chi connectivity index (χ3v) is 9.56. The lowest BCUT2D eigenvalue weighted by atomic mass is 9.97. The molecule has 1 aliphatic heterocycles. The van der Waals surface area contributed by atoms with Gasteiger partial charge in [-0.25, -0.2) is 14.8 Å². The molecule has 1 fully saturated rings. The van der Waals surface area contributed by atoms with E-state index >= 15 is 0 Å². The Kier molecular flexibility index (Phi) is 11.4. The third kappa shape index (κ3) is 7.95. The summed E-state index contributed by atoms with van der Waals surface area (Å²) in [4.78, 5) is 45.8. The molecule has 2 aromatic carbocycles. The van der Waals surface area contributed by atoms with Gasteiger partial charge in [0, 0.05) is 72.3 Å². The molecule has 15 heteroatoms. The number of pyridine rings is 2. The van der Waals surface area contributed by atoms with Crippen LogP contribution in [0.25, 0.3) is 39.2 Å². The van der Waals surface area contributed by atoms with E-state index in [2.05, 4.69) is 25.9 Å². The lowest BCUT2D eigenvalue weighted by Crippen LogP contribution is -2.38. The van der Waals surface area contributed by atoms with Crippen LogP contribution < -0.4 is 26.2 Å². The zero-order valence-corrected chi connectivity index (χ0v) is 29.6. The van der Waals surface area contributed by atoms with E-state index in [1.807, 2.05) is 30.3 Å². The number of nitrogens with one attached hydrogen (secondary N) is 3. The van der Waals surface area contributed by atoms with Gasteiger partial charge in [0.15, 0.2) is 0 Å². The number of nitrogens with zero attached hydrogens (tertiary/aromatic N) is 3. The first kappa shape index (κ1) is 36.1. The van der Waals surface area contributed by atoms with E-state index in [0.717, 1.165) is 5.56 Å². The number of hydrogen-bond donors (Lipinski definition) is 4. The Hall–Kier alpha value is -4.72. The molecule has 0 radical (unpaired) electrons. The van der Waals surface area contributed by atoms with Crippen molar-refractivity contribution in [2.24, 2.45) is 0 Å². The van der Waals surface area contributed by atoms with Crippen molar-refractivity contribution in [3.05, 3.63) is 104 Å². The number of methoxy groups -OCH3 is 1. The van der Waals surface area contributed by atoms with Crippen molar-refractivity contribution in [2.75, 3.05) is 26.8 Å². The highest BCUT2D eigenvalue weighted by molar-refractivity contribution is 6.39. The highest BCUT2D eigenvalue weighted by Gasteiger charge is 2.23. The van der Waals surface area contributed by atoms with E-state index in [1.54, 1.807) is 30.5 Å². The normalized spacial score (nSPS) is 14.1. The van der Waals surface area contributed by atoms with E-state index in [1.165, 1.54) is 17.7 Å². The number of rotatable bonds is 12. The summed E-state index contributed by atoms with van der Waals surface area (Å²) < 4.78 is 12.3. The molecule has 1 aliphatic rings. The Morgan fingerprint density at radius 1 is 1.04 bits per heavy atom. The maximum Gasteiger partial charge on any atom is 0.407 e. The van der Waals surface area contributed by atoms with Crippen LogP contribution in [0.1, 0.15) is 24.0 Å². The van der Waals surface area contributed by atoms with Crippen molar-refractivity contribution in [3.8, 4) is 39.4 Å². The second kappa shape index (κ2) is 16.1. The summed E-state index contributed by atoms with van der Waals surface area (Å²) in [6.07, 6.45) is 3.60. The first-order valence-electron chi connectivity index (χ1n) is 16.0.